The monoisotopic (exact) mass is 1020 g/mol. The van der Waals surface area contributed by atoms with Gasteiger partial charge in [0, 0.05) is 50.1 Å². The van der Waals surface area contributed by atoms with Gasteiger partial charge in [0.1, 0.15) is 55.4 Å². The summed E-state index contributed by atoms with van der Waals surface area (Å²) in [5.74, 6) is -4.29. The Bertz CT molecular complexity index is 1210. The highest BCUT2D eigenvalue weighted by Crippen LogP contribution is 2.45. The van der Waals surface area contributed by atoms with Crippen LogP contribution in [0.1, 0.15) is 108 Å². The number of hydrogen-bond donors (Lipinski definition) is 2. The van der Waals surface area contributed by atoms with E-state index < -0.39 is 59.5 Å². The van der Waals surface area contributed by atoms with Crippen molar-refractivity contribution in [1.29, 1.82) is 0 Å². The second kappa shape index (κ2) is 18.8. The van der Waals surface area contributed by atoms with Gasteiger partial charge in [0.25, 0.3) is 0 Å². The molecule has 0 spiro atoms. The molecule has 0 aliphatic carbocycles. The summed E-state index contributed by atoms with van der Waals surface area (Å²) in [7, 11) is 0. The standard InChI is InChI=1S/C18H30O8.C12H20O6.C6H12O3.I2/c1-16(2)22-12-11(10-20-26-18(5)8-6-7-9-19-18)21-15-14(13(12)23-16)24-17(3,4)25-15;1-11(2)15-7-6(5-13)14-10-9(8(7)16-11)17-12(3,4)18-10;1-6(9-7)4-2-3-5-8-6;1-2/h11-15H,6-10H2,1-5H3;6-10,13H,5H2,1-4H3;7H,2-5H2,1H3;/t11?,12-,13-,14-,15?,18?;6?,7-,8-,9-,10?;;/m00../s1. The zero-order chi connectivity index (χ0) is 40.5. The molecular weight excluding hydrogens is 958 g/mol. The van der Waals surface area contributed by atoms with E-state index in [0.29, 0.717) is 13.2 Å². The molecule has 19 heteroatoms. The lowest BCUT2D eigenvalue weighted by molar-refractivity contribution is -0.439. The molecule has 8 aliphatic heterocycles. The van der Waals surface area contributed by atoms with Gasteiger partial charge < -0.3 is 61.9 Å². The molecule has 0 aromatic carbocycles. The van der Waals surface area contributed by atoms with Crippen molar-refractivity contribution < 1.29 is 81.9 Å². The first-order valence-electron chi connectivity index (χ1n) is 19.1. The number of aliphatic hydroxyl groups is 1. The normalized spacial score (nSPS) is 44.2. The van der Waals surface area contributed by atoms with Gasteiger partial charge in [-0.05, 0) is 94.9 Å². The van der Waals surface area contributed by atoms with Crippen LogP contribution in [-0.4, -0.2) is 133 Å². The molecule has 2 N–H and O–H groups in total. The molecule has 0 saturated carbocycles. The summed E-state index contributed by atoms with van der Waals surface area (Å²) in [4.78, 5) is 15.2. The fraction of sp³-hybridized carbons (Fsp3) is 1.00. The van der Waals surface area contributed by atoms with E-state index in [0.717, 1.165) is 38.5 Å². The van der Waals surface area contributed by atoms with E-state index in [1.807, 2.05) is 62.3 Å². The van der Waals surface area contributed by atoms with E-state index in [2.05, 4.69) is 42.1 Å². The van der Waals surface area contributed by atoms with E-state index >= 15 is 0 Å². The third-order valence-corrected chi connectivity index (χ3v) is 10.2. The van der Waals surface area contributed by atoms with Gasteiger partial charge in [-0.15, -0.1) is 0 Å². The third-order valence-electron chi connectivity index (χ3n) is 10.2. The minimum Gasteiger partial charge on any atom is -0.394 e. The second-order valence-electron chi connectivity index (χ2n) is 16.9. The molecule has 8 saturated heterocycles. The summed E-state index contributed by atoms with van der Waals surface area (Å²) < 4.78 is 69.7. The van der Waals surface area contributed by atoms with Gasteiger partial charge in [-0.25, -0.2) is 19.9 Å². The maximum atomic E-state index is 9.40. The van der Waals surface area contributed by atoms with Gasteiger partial charge in [-0.2, -0.15) is 0 Å². The van der Waals surface area contributed by atoms with Crippen LogP contribution >= 0.6 is 37.2 Å². The second-order valence-corrected chi connectivity index (χ2v) is 16.9. The Hall–Kier alpha value is 0.780. The van der Waals surface area contributed by atoms with Crippen molar-refractivity contribution in [3.63, 3.8) is 0 Å². The van der Waals surface area contributed by atoms with Gasteiger partial charge in [0.2, 0.25) is 0 Å². The van der Waals surface area contributed by atoms with E-state index in [1.54, 1.807) is 6.92 Å². The number of fused-ring (bicyclic) bond motifs is 6. The van der Waals surface area contributed by atoms with Crippen LogP contribution in [0.2, 0.25) is 0 Å². The lowest BCUT2D eigenvalue weighted by Gasteiger charge is -2.37. The molecule has 8 rings (SSSR count). The molecule has 12 atom stereocenters. The Labute approximate surface area is 347 Å². The summed E-state index contributed by atoms with van der Waals surface area (Å²) in [5, 5.41) is 17.7. The van der Waals surface area contributed by atoms with Gasteiger partial charge in [-0.3, -0.25) is 0 Å². The van der Waals surface area contributed by atoms with Crippen LogP contribution < -0.4 is 0 Å². The Morgan fingerprint density at radius 1 is 0.527 bits per heavy atom. The molecule has 0 radical (unpaired) electrons. The van der Waals surface area contributed by atoms with Crippen molar-refractivity contribution in [2.24, 2.45) is 0 Å². The molecule has 322 valence electrons. The Morgan fingerprint density at radius 2 is 0.927 bits per heavy atom. The predicted octanol–water partition coefficient (Wildman–Crippen LogP) is 5.79. The predicted molar refractivity (Wildman–Crippen MR) is 207 cm³/mol. The quantitative estimate of drug-likeness (QED) is 0.186. The Morgan fingerprint density at radius 3 is 1.35 bits per heavy atom. The fourth-order valence-corrected chi connectivity index (χ4v) is 7.85. The number of rotatable bonds is 6. The van der Waals surface area contributed by atoms with Gasteiger partial charge in [0.15, 0.2) is 47.3 Å². The van der Waals surface area contributed by atoms with Crippen LogP contribution in [0.15, 0.2) is 0 Å². The largest absolute Gasteiger partial charge is 0.394 e. The Balaban J connectivity index is 0.000000173. The maximum Gasteiger partial charge on any atom is 0.198 e. The van der Waals surface area contributed by atoms with Gasteiger partial charge in [0.05, 0.1) is 19.8 Å². The average molecular weight is 1020 g/mol. The molecule has 17 nitrogen and oxygen atoms in total. The highest BCUT2D eigenvalue weighted by molar-refractivity contribution is 15.0. The van der Waals surface area contributed by atoms with Crippen molar-refractivity contribution in [1.82, 2.24) is 0 Å². The summed E-state index contributed by atoms with van der Waals surface area (Å²) in [5.41, 5.74) is 0. The van der Waals surface area contributed by atoms with Crippen LogP contribution in [0.5, 0.6) is 0 Å². The van der Waals surface area contributed by atoms with Crippen molar-refractivity contribution in [3.05, 3.63) is 0 Å². The van der Waals surface area contributed by atoms with E-state index in [4.69, 9.17) is 71.9 Å². The first kappa shape index (κ1) is 46.8. The lowest BCUT2D eigenvalue weighted by atomic mass is 9.99. The highest BCUT2D eigenvalue weighted by atomic mass is 128. The number of aliphatic hydroxyl groups excluding tert-OH is 1. The third kappa shape index (κ3) is 12.0. The summed E-state index contributed by atoms with van der Waals surface area (Å²) in [6.07, 6.45) is 2.03. The van der Waals surface area contributed by atoms with Gasteiger partial charge >= 0.3 is 0 Å². The smallest absolute Gasteiger partial charge is 0.198 e. The molecule has 0 aromatic heterocycles. The number of ether oxygens (including phenoxy) is 12. The van der Waals surface area contributed by atoms with Gasteiger partial charge in [-0.1, -0.05) is 0 Å². The van der Waals surface area contributed by atoms with Crippen molar-refractivity contribution >= 4 is 37.2 Å². The molecule has 8 heterocycles. The molecule has 55 heavy (non-hydrogen) atoms. The molecule has 0 amide bonds. The zero-order valence-corrected chi connectivity index (χ0v) is 37.9. The lowest BCUT2D eigenvalue weighted by Crippen LogP contribution is -2.56. The summed E-state index contributed by atoms with van der Waals surface area (Å²) in [6, 6.07) is 0. The topological polar surface area (TPSA) is 179 Å². The average Bonchev–Trinajstić information content (AvgIpc) is 3.83. The molecule has 6 unspecified atom stereocenters. The molecule has 0 aromatic rings. The minimum atomic E-state index is -0.731. The Kier molecular flexibility index (Phi) is 16.0. The van der Waals surface area contributed by atoms with Crippen LogP contribution in [0.4, 0.5) is 0 Å². The maximum absolute atomic E-state index is 9.40. The van der Waals surface area contributed by atoms with Crippen molar-refractivity contribution in [3.8, 4) is 0 Å². The van der Waals surface area contributed by atoms with Crippen LogP contribution in [0.3, 0.4) is 0 Å². The molecule has 8 aliphatic rings. The SMILES string of the molecule is CC1(C)OC2OC(CO)[C@@H]3OC(C)(C)O[C@@H]3[C@@H]2O1.CC1(C)OC2OC(COOC3(C)CCCCO3)[C@@H]3OC(C)(C)O[C@@H]3[C@@H]2O1.CC1(OO)CCCCO1.II. The highest BCUT2D eigenvalue weighted by Gasteiger charge is 2.62. The number of halogens is 2. The number of hydrogen-bond acceptors (Lipinski definition) is 17. The first-order valence-corrected chi connectivity index (χ1v) is 25.4. The summed E-state index contributed by atoms with van der Waals surface area (Å²) in [6.45, 7) is 19.9. The van der Waals surface area contributed by atoms with Crippen LogP contribution in [-0.2, 0) is 71.5 Å². The van der Waals surface area contributed by atoms with Crippen molar-refractivity contribution in [2.75, 3.05) is 26.4 Å². The summed E-state index contributed by atoms with van der Waals surface area (Å²) >= 11 is 4.24. The molecular formula is C36H62I2O17. The van der Waals surface area contributed by atoms with Crippen LogP contribution in [0, 0.1) is 0 Å². The molecule has 0 bridgehead atoms. The van der Waals surface area contributed by atoms with Crippen molar-refractivity contribution in [2.45, 2.75) is 204 Å². The first-order chi connectivity index (χ1) is 25.7. The molecule has 8 fully saturated rings. The van der Waals surface area contributed by atoms with Crippen LogP contribution in [0.25, 0.3) is 0 Å². The van der Waals surface area contributed by atoms with E-state index in [9.17, 15) is 5.11 Å². The fourth-order valence-electron chi connectivity index (χ4n) is 7.85. The van der Waals surface area contributed by atoms with E-state index in [-0.39, 0.29) is 49.8 Å². The van der Waals surface area contributed by atoms with E-state index in [1.165, 1.54) is 0 Å². The minimum absolute atomic E-state index is 0.131. The zero-order valence-electron chi connectivity index (χ0n) is 33.6.